The minimum absolute atomic E-state index is 0.0755. The molecular formula is C14H22N4O3S. The van der Waals surface area contributed by atoms with Gasteiger partial charge in [0, 0.05) is 18.3 Å². The van der Waals surface area contributed by atoms with E-state index < -0.39 is 9.84 Å². The van der Waals surface area contributed by atoms with Crippen LogP contribution in [-0.4, -0.2) is 53.6 Å². The van der Waals surface area contributed by atoms with Gasteiger partial charge in [0.15, 0.2) is 9.84 Å². The van der Waals surface area contributed by atoms with E-state index in [2.05, 4.69) is 15.5 Å². The number of nitrogens with one attached hydrogen (secondary N) is 2. The van der Waals surface area contributed by atoms with Crippen LogP contribution >= 0.6 is 0 Å². The number of aryl methyl sites for hydroxylation is 1. The van der Waals surface area contributed by atoms with E-state index in [1.54, 1.807) is 4.90 Å². The number of carbonyl (C=O) groups excluding carboxylic acids is 1. The van der Waals surface area contributed by atoms with Crippen molar-refractivity contribution in [2.45, 2.75) is 45.2 Å². The number of amides is 2. The lowest BCUT2D eigenvalue weighted by Crippen LogP contribution is -2.46. The van der Waals surface area contributed by atoms with Crippen molar-refractivity contribution in [2.75, 3.05) is 18.1 Å². The summed E-state index contributed by atoms with van der Waals surface area (Å²) < 4.78 is 23.2. The van der Waals surface area contributed by atoms with Crippen molar-refractivity contribution >= 4 is 15.9 Å². The van der Waals surface area contributed by atoms with E-state index in [1.165, 1.54) is 11.3 Å². The molecule has 0 radical (unpaired) electrons. The van der Waals surface area contributed by atoms with Crippen LogP contribution in [0.3, 0.4) is 0 Å². The van der Waals surface area contributed by atoms with E-state index >= 15 is 0 Å². The minimum Gasteiger partial charge on any atom is -0.332 e. The molecule has 2 aliphatic rings. The molecule has 2 amide bonds. The van der Waals surface area contributed by atoms with Crippen molar-refractivity contribution in [3.63, 3.8) is 0 Å². The number of nitrogens with zero attached hydrogens (tertiary/aromatic N) is 2. The van der Waals surface area contributed by atoms with Crippen molar-refractivity contribution in [1.29, 1.82) is 0 Å². The van der Waals surface area contributed by atoms with Crippen molar-refractivity contribution in [1.82, 2.24) is 20.4 Å². The third-order valence-corrected chi connectivity index (χ3v) is 6.30. The molecule has 3 rings (SSSR count). The fraction of sp³-hybridized carbons (Fsp3) is 0.714. The van der Waals surface area contributed by atoms with Gasteiger partial charge in [0.25, 0.3) is 0 Å². The minimum atomic E-state index is -2.99. The number of aromatic amines is 1. The SMILES string of the molecule is CCN(C(=O)NCc1n[nH]c2c1CCC2)[C@H]1CCS(=O)(=O)C1. The van der Waals surface area contributed by atoms with Crippen LogP contribution in [0.15, 0.2) is 0 Å². The average molecular weight is 326 g/mol. The van der Waals surface area contributed by atoms with Crippen LogP contribution in [0.25, 0.3) is 0 Å². The molecule has 0 spiro atoms. The van der Waals surface area contributed by atoms with E-state index in [4.69, 9.17) is 0 Å². The Bertz CT molecular complexity index is 668. The Morgan fingerprint density at radius 3 is 2.95 bits per heavy atom. The van der Waals surface area contributed by atoms with Crippen molar-refractivity contribution < 1.29 is 13.2 Å². The standard InChI is InChI=1S/C14H22N4O3S/c1-2-18(10-6-7-22(20,21)9-10)14(19)15-8-13-11-4-3-5-12(11)16-17-13/h10H,2-9H2,1H3,(H,15,19)(H,16,17)/t10-/m0/s1. The van der Waals surface area contributed by atoms with Gasteiger partial charge in [0.2, 0.25) is 0 Å². The number of carbonyl (C=O) groups is 1. The second kappa shape index (κ2) is 5.91. The van der Waals surface area contributed by atoms with Crippen LogP contribution in [0.4, 0.5) is 4.79 Å². The summed E-state index contributed by atoms with van der Waals surface area (Å²) in [5.41, 5.74) is 3.31. The summed E-state index contributed by atoms with van der Waals surface area (Å²) in [5.74, 6) is 0.250. The first-order chi connectivity index (χ1) is 10.5. The molecule has 0 bridgehead atoms. The Kier molecular flexibility index (Phi) is 4.12. The summed E-state index contributed by atoms with van der Waals surface area (Å²) in [6, 6.07) is -0.417. The maximum absolute atomic E-state index is 12.3. The molecule has 22 heavy (non-hydrogen) atoms. The van der Waals surface area contributed by atoms with Crippen LogP contribution in [0.1, 0.15) is 36.7 Å². The van der Waals surface area contributed by atoms with Gasteiger partial charge in [0.05, 0.1) is 23.7 Å². The van der Waals surface area contributed by atoms with Crippen LogP contribution in [0.2, 0.25) is 0 Å². The first kappa shape index (κ1) is 15.3. The Labute approximate surface area is 130 Å². The molecule has 7 nitrogen and oxygen atoms in total. The fourth-order valence-corrected chi connectivity index (χ4v) is 5.11. The molecule has 1 saturated heterocycles. The Morgan fingerprint density at radius 2 is 2.27 bits per heavy atom. The topological polar surface area (TPSA) is 95.2 Å². The average Bonchev–Trinajstić information content (AvgIpc) is 3.13. The predicted molar refractivity (Wildman–Crippen MR) is 82.3 cm³/mol. The molecule has 1 aromatic heterocycles. The van der Waals surface area contributed by atoms with Crippen molar-refractivity contribution in [3.05, 3.63) is 17.0 Å². The summed E-state index contributed by atoms with van der Waals surface area (Å²) in [6.07, 6.45) is 3.69. The smallest absolute Gasteiger partial charge is 0.317 e. The molecule has 2 heterocycles. The summed E-state index contributed by atoms with van der Waals surface area (Å²) in [6.45, 7) is 2.77. The molecule has 122 valence electrons. The molecule has 1 aliphatic carbocycles. The van der Waals surface area contributed by atoms with Crippen molar-refractivity contribution in [3.8, 4) is 0 Å². The van der Waals surface area contributed by atoms with Gasteiger partial charge in [-0.25, -0.2) is 13.2 Å². The van der Waals surface area contributed by atoms with E-state index in [1.807, 2.05) is 6.92 Å². The van der Waals surface area contributed by atoms with Crippen LogP contribution < -0.4 is 5.32 Å². The van der Waals surface area contributed by atoms with Gasteiger partial charge in [-0.1, -0.05) is 0 Å². The van der Waals surface area contributed by atoms with Crippen LogP contribution in [-0.2, 0) is 29.2 Å². The second-order valence-electron chi connectivity index (χ2n) is 5.98. The first-order valence-electron chi connectivity index (χ1n) is 7.80. The Hall–Kier alpha value is -1.57. The molecule has 1 atom stereocenters. The molecule has 0 saturated carbocycles. The number of hydrogen-bond donors (Lipinski definition) is 2. The highest BCUT2D eigenvalue weighted by atomic mass is 32.2. The highest BCUT2D eigenvalue weighted by Gasteiger charge is 2.34. The quantitative estimate of drug-likeness (QED) is 0.848. The highest BCUT2D eigenvalue weighted by Crippen LogP contribution is 2.23. The van der Waals surface area contributed by atoms with E-state index in [0.717, 1.165) is 25.0 Å². The number of urea groups is 1. The number of fused-ring (bicyclic) bond motifs is 1. The molecule has 1 fully saturated rings. The number of rotatable bonds is 4. The first-order valence-corrected chi connectivity index (χ1v) is 9.62. The lowest BCUT2D eigenvalue weighted by Gasteiger charge is -2.26. The Balaban J connectivity index is 1.60. The molecular weight excluding hydrogens is 304 g/mol. The fourth-order valence-electron chi connectivity index (χ4n) is 3.38. The largest absolute Gasteiger partial charge is 0.332 e. The summed E-state index contributed by atoms with van der Waals surface area (Å²) in [5, 5.41) is 10.2. The molecule has 0 aromatic carbocycles. The predicted octanol–water partition coefficient (Wildman–Crippen LogP) is 0.617. The monoisotopic (exact) mass is 326 g/mol. The molecule has 1 aliphatic heterocycles. The normalized spacial score (nSPS) is 22.5. The van der Waals surface area contributed by atoms with Crippen LogP contribution in [0, 0.1) is 0 Å². The molecule has 1 aromatic rings. The number of sulfone groups is 1. The highest BCUT2D eigenvalue weighted by molar-refractivity contribution is 7.91. The number of H-pyrrole nitrogens is 1. The van der Waals surface area contributed by atoms with Gasteiger partial charge in [-0.3, -0.25) is 5.10 Å². The zero-order valence-electron chi connectivity index (χ0n) is 12.8. The third-order valence-electron chi connectivity index (χ3n) is 4.55. The van der Waals surface area contributed by atoms with E-state index in [0.29, 0.717) is 19.5 Å². The Morgan fingerprint density at radius 1 is 1.45 bits per heavy atom. The van der Waals surface area contributed by atoms with Gasteiger partial charge in [-0.05, 0) is 38.2 Å². The number of hydrogen-bond acceptors (Lipinski definition) is 4. The van der Waals surface area contributed by atoms with E-state index in [9.17, 15) is 13.2 Å². The molecule has 8 heteroatoms. The van der Waals surface area contributed by atoms with Gasteiger partial charge >= 0.3 is 6.03 Å². The molecule has 2 N–H and O–H groups in total. The number of aromatic nitrogens is 2. The third kappa shape index (κ3) is 2.97. The molecule has 0 unspecified atom stereocenters. The van der Waals surface area contributed by atoms with Gasteiger partial charge < -0.3 is 10.2 Å². The maximum atomic E-state index is 12.3. The van der Waals surface area contributed by atoms with Gasteiger partial charge in [-0.15, -0.1) is 0 Å². The zero-order chi connectivity index (χ0) is 15.7. The lowest BCUT2D eigenvalue weighted by atomic mass is 10.2. The lowest BCUT2D eigenvalue weighted by molar-refractivity contribution is 0.183. The maximum Gasteiger partial charge on any atom is 0.317 e. The van der Waals surface area contributed by atoms with Gasteiger partial charge in [0.1, 0.15) is 0 Å². The summed E-state index contributed by atoms with van der Waals surface area (Å²) in [4.78, 5) is 14.0. The summed E-state index contributed by atoms with van der Waals surface area (Å²) >= 11 is 0. The second-order valence-corrected chi connectivity index (χ2v) is 8.21. The van der Waals surface area contributed by atoms with Crippen molar-refractivity contribution in [2.24, 2.45) is 0 Å². The van der Waals surface area contributed by atoms with Crippen LogP contribution in [0.5, 0.6) is 0 Å². The van der Waals surface area contributed by atoms with Gasteiger partial charge in [-0.2, -0.15) is 5.10 Å². The zero-order valence-corrected chi connectivity index (χ0v) is 13.6. The van der Waals surface area contributed by atoms with E-state index in [-0.39, 0.29) is 23.6 Å². The summed E-state index contributed by atoms with van der Waals surface area (Å²) in [7, 11) is -2.99.